The fraction of sp³-hybridized carbons (Fsp3) is 0.875. The molecule has 0 aromatic heterocycles. The van der Waals surface area contributed by atoms with E-state index < -0.39 is 0 Å². The molecule has 12 heavy (non-hydrogen) atoms. The van der Waals surface area contributed by atoms with Crippen molar-refractivity contribution in [3.05, 3.63) is 0 Å². The van der Waals surface area contributed by atoms with E-state index in [1.807, 2.05) is 28.1 Å². The molecule has 0 spiro atoms. The molecule has 3 nitrogen and oxygen atoms in total. The average Bonchev–Trinajstić information content (AvgIpc) is 1.79. The molecule has 0 saturated heterocycles. The molecule has 0 radical (unpaired) electrons. The molecule has 1 amide bonds. The summed E-state index contributed by atoms with van der Waals surface area (Å²) in [6.07, 6.45) is 1.00. The van der Waals surface area contributed by atoms with Crippen LogP contribution in [0.5, 0.6) is 0 Å². The first-order valence-corrected chi connectivity index (χ1v) is 4.03. The van der Waals surface area contributed by atoms with Gasteiger partial charge in [-0.25, -0.2) is 0 Å². The van der Waals surface area contributed by atoms with Gasteiger partial charge in [0.2, 0.25) is 0 Å². The molecular formula is C8H19ClN2O. The highest BCUT2D eigenvalue weighted by Gasteiger charge is 2.12. The van der Waals surface area contributed by atoms with E-state index in [1.165, 1.54) is 0 Å². The number of carbonyl (C=O) groups is 1. The highest BCUT2D eigenvalue weighted by molar-refractivity contribution is 5.76. The summed E-state index contributed by atoms with van der Waals surface area (Å²) in [6.45, 7) is 3.39. The minimum absolute atomic E-state index is 0. The maximum atomic E-state index is 11.1. The lowest BCUT2D eigenvalue weighted by Gasteiger charge is -2.22. The summed E-state index contributed by atoms with van der Waals surface area (Å²) in [5.41, 5.74) is 0. The first-order chi connectivity index (χ1) is 4.95. The van der Waals surface area contributed by atoms with Crippen molar-refractivity contribution in [3.63, 3.8) is 0 Å². The number of likely N-dealkylation sites (N-methyl/N-ethyl adjacent to an activating group) is 1. The Kier molecular flexibility index (Phi) is 7.44. The minimum Gasteiger partial charge on any atom is -1.00 e. The van der Waals surface area contributed by atoms with E-state index in [-0.39, 0.29) is 18.3 Å². The van der Waals surface area contributed by atoms with Gasteiger partial charge in [0.05, 0.1) is 21.1 Å². The first-order valence-electron chi connectivity index (χ1n) is 4.03. The molecule has 0 aliphatic heterocycles. The zero-order valence-corrected chi connectivity index (χ0v) is 9.11. The van der Waals surface area contributed by atoms with Crippen molar-refractivity contribution in [2.75, 3.05) is 34.2 Å². The van der Waals surface area contributed by atoms with Crippen LogP contribution in [-0.4, -0.2) is 44.6 Å². The predicted octanol–water partition coefficient (Wildman–Crippen LogP) is -2.78. The Morgan fingerprint density at radius 2 is 1.83 bits per heavy atom. The lowest BCUT2D eigenvalue weighted by Crippen LogP contribution is -3.00. The molecule has 0 heterocycles. The van der Waals surface area contributed by atoms with E-state index in [0.717, 1.165) is 13.0 Å². The van der Waals surface area contributed by atoms with Crippen molar-refractivity contribution in [2.24, 2.45) is 0 Å². The fourth-order valence-corrected chi connectivity index (χ4v) is 0.751. The molecule has 0 aromatic rings. The second-order valence-corrected chi connectivity index (χ2v) is 3.80. The van der Waals surface area contributed by atoms with Gasteiger partial charge < -0.3 is 22.2 Å². The van der Waals surface area contributed by atoms with Crippen molar-refractivity contribution in [2.45, 2.75) is 13.3 Å². The third-order valence-corrected chi connectivity index (χ3v) is 1.19. The van der Waals surface area contributed by atoms with E-state index in [4.69, 9.17) is 0 Å². The molecule has 0 aliphatic carbocycles. The quantitative estimate of drug-likeness (QED) is 0.483. The van der Waals surface area contributed by atoms with Crippen LogP contribution in [0.3, 0.4) is 0 Å². The van der Waals surface area contributed by atoms with Gasteiger partial charge in [0.1, 0.15) is 0 Å². The normalized spacial score (nSPS) is 10.3. The van der Waals surface area contributed by atoms with Crippen LogP contribution in [0, 0.1) is 0 Å². The van der Waals surface area contributed by atoms with Gasteiger partial charge in [-0.2, -0.15) is 0 Å². The first kappa shape index (κ1) is 14.3. The van der Waals surface area contributed by atoms with Gasteiger partial charge in [-0.15, -0.1) is 0 Å². The van der Waals surface area contributed by atoms with Crippen LogP contribution in [0.25, 0.3) is 0 Å². The summed E-state index contributed by atoms with van der Waals surface area (Å²) >= 11 is 0. The van der Waals surface area contributed by atoms with Crippen LogP contribution in [0.4, 0.5) is 0 Å². The zero-order chi connectivity index (χ0) is 8.91. The van der Waals surface area contributed by atoms with Crippen molar-refractivity contribution < 1.29 is 21.7 Å². The fourth-order valence-electron chi connectivity index (χ4n) is 0.751. The van der Waals surface area contributed by atoms with Crippen LogP contribution in [-0.2, 0) is 4.79 Å². The topological polar surface area (TPSA) is 29.1 Å². The van der Waals surface area contributed by atoms with Gasteiger partial charge in [-0.05, 0) is 6.42 Å². The average molecular weight is 195 g/mol. The van der Waals surface area contributed by atoms with Gasteiger partial charge in [-0.3, -0.25) is 4.79 Å². The van der Waals surface area contributed by atoms with Crippen molar-refractivity contribution >= 4 is 5.91 Å². The minimum atomic E-state index is 0. The number of halogens is 1. The Hall–Kier alpha value is -0.280. The number of nitrogens with one attached hydrogen (secondary N) is 1. The van der Waals surface area contributed by atoms with Crippen LogP contribution < -0.4 is 17.7 Å². The number of amides is 1. The molecule has 74 valence electrons. The van der Waals surface area contributed by atoms with Gasteiger partial charge in [0.25, 0.3) is 5.91 Å². The maximum absolute atomic E-state index is 11.1. The van der Waals surface area contributed by atoms with Crippen LogP contribution >= 0.6 is 0 Å². The Morgan fingerprint density at radius 1 is 1.33 bits per heavy atom. The van der Waals surface area contributed by atoms with Gasteiger partial charge >= 0.3 is 0 Å². The van der Waals surface area contributed by atoms with E-state index in [9.17, 15) is 4.79 Å². The van der Waals surface area contributed by atoms with E-state index in [0.29, 0.717) is 11.0 Å². The lowest BCUT2D eigenvalue weighted by atomic mass is 10.4. The Bertz CT molecular complexity index is 132. The van der Waals surface area contributed by atoms with E-state index in [2.05, 4.69) is 5.32 Å². The van der Waals surface area contributed by atoms with E-state index >= 15 is 0 Å². The van der Waals surface area contributed by atoms with Gasteiger partial charge in [0.15, 0.2) is 6.54 Å². The maximum Gasteiger partial charge on any atom is 0.275 e. The molecule has 0 aliphatic rings. The summed E-state index contributed by atoms with van der Waals surface area (Å²) in [7, 11) is 6.02. The molecule has 0 aromatic carbocycles. The second kappa shape index (κ2) is 6.26. The second-order valence-electron chi connectivity index (χ2n) is 3.80. The number of hydrogen-bond acceptors (Lipinski definition) is 1. The largest absolute Gasteiger partial charge is 1.00 e. The Balaban J connectivity index is 0. The Morgan fingerprint density at radius 3 is 2.17 bits per heavy atom. The SMILES string of the molecule is CCCNC(=O)C[N+](C)(C)C.[Cl-]. The highest BCUT2D eigenvalue weighted by atomic mass is 35.5. The number of quaternary nitrogens is 1. The van der Waals surface area contributed by atoms with Crippen LogP contribution in [0.2, 0.25) is 0 Å². The van der Waals surface area contributed by atoms with Crippen molar-refractivity contribution in [1.29, 1.82) is 0 Å². The smallest absolute Gasteiger partial charge is 0.275 e. The molecule has 0 saturated carbocycles. The molecule has 4 heteroatoms. The van der Waals surface area contributed by atoms with E-state index in [1.54, 1.807) is 0 Å². The third kappa shape index (κ3) is 9.72. The summed E-state index contributed by atoms with van der Waals surface area (Å²) in [5, 5.41) is 2.83. The lowest BCUT2D eigenvalue weighted by molar-refractivity contribution is -0.862. The molecule has 0 atom stereocenters. The summed E-state index contributed by atoms with van der Waals surface area (Å²) < 4.78 is 0.690. The van der Waals surface area contributed by atoms with Crippen LogP contribution in [0.15, 0.2) is 0 Å². The number of carbonyl (C=O) groups excluding carboxylic acids is 1. The van der Waals surface area contributed by atoms with Crippen molar-refractivity contribution in [3.8, 4) is 0 Å². The molecular weight excluding hydrogens is 176 g/mol. The van der Waals surface area contributed by atoms with Gasteiger partial charge in [-0.1, -0.05) is 6.92 Å². The number of hydrogen-bond donors (Lipinski definition) is 1. The zero-order valence-electron chi connectivity index (χ0n) is 8.35. The highest BCUT2D eigenvalue weighted by Crippen LogP contribution is 1.87. The van der Waals surface area contributed by atoms with Crippen LogP contribution in [0.1, 0.15) is 13.3 Å². The molecule has 0 fully saturated rings. The molecule has 0 unspecified atom stereocenters. The predicted molar refractivity (Wildman–Crippen MR) is 46.2 cm³/mol. The van der Waals surface area contributed by atoms with Crippen molar-refractivity contribution in [1.82, 2.24) is 5.32 Å². The summed E-state index contributed by atoms with van der Waals surface area (Å²) in [4.78, 5) is 11.1. The summed E-state index contributed by atoms with van der Waals surface area (Å²) in [6, 6.07) is 0. The molecule has 1 N–H and O–H groups in total. The molecule has 0 bridgehead atoms. The Labute approximate surface area is 81.1 Å². The number of nitrogens with zero attached hydrogens (tertiary/aromatic N) is 1. The van der Waals surface area contributed by atoms with Gasteiger partial charge in [0, 0.05) is 6.54 Å². The third-order valence-electron chi connectivity index (χ3n) is 1.19. The molecule has 0 rings (SSSR count). The standard InChI is InChI=1S/C8H18N2O.ClH/c1-5-6-9-8(11)7-10(2,3)4;/h5-7H2,1-4H3;1H. The monoisotopic (exact) mass is 194 g/mol. The number of rotatable bonds is 4. The summed E-state index contributed by atoms with van der Waals surface area (Å²) in [5.74, 6) is 0.138.